The highest BCUT2D eigenvalue weighted by molar-refractivity contribution is 5.99. The van der Waals surface area contributed by atoms with Crippen molar-refractivity contribution >= 4 is 17.4 Å². The van der Waals surface area contributed by atoms with E-state index in [1.165, 1.54) is 18.3 Å². The molecule has 0 spiro atoms. The van der Waals surface area contributed by atoms with Crippen LogP contribution in [0.1, 0.15) is 41.2 Å². The second kappa shape index (κ2) is 8.22. The van der Waals surface area contributed by atoms with E-state index in [0.29, 0.717) is 22.6 Å². The number of carbonyl (C=O) groups excluding carboxylic acids is 1. The quantitative estimate of drug-likeness (QED) is 0.671. The van der Waals surface area contributed by atoms with E-state index in [4.69, 9.17) is 0 Å². The van der Waals surface area contributed by atoms with Gasteiger partial charge in [-0.1, -0.05) is 12.1 Å². The molecule has 2 saturated heterocycles. The monoisotopic (exact) mass is 426 g/mol. The molecule has 162 valence electrons. The topological polar surface area (TPSA) is 74.6 Å². The first-order valence-corrected chi connectivity index (χ1v) is 10.6. The molecule has 2 aromatic heterocycles. The van der Waals surface area contributed by atoms with Gasteiger partial charge in [0.15, 0.2) is 5.65 Å². The smallest absolute Gasteiger partial charge is 0.256 e. The van der Waals surface area contributed by atoms with E-state index in [1.54, 1.807) is 28.9 Å². The molecule has 2 fully saturated rings. The molecule has 2 atom stereocenters. The SMILES string of the molecule is O=C(NC1CCNCC1)c1cnn2ccc(N3C[C@@H](F)CC3c3cccc(F)c3)nc12. The Morgan fingerprint density at radius 1 is 1.23 bits per heavy atom. The molecule has 2 aliphatic heterocycles. The molecular weight excluding hydrogens is 402 g/mol. The summed E-state index contributed by atoms with van der Waals surface area (Å²) in [6, 6.07) is 7.79. The van der Waals surface area contributed by atoms with Crippen LogP contribution in [0, 0.1) is 5.82 Å². The van der Waals surface area contributed by atoms with E-state index in [0.717, 1.165) is 25.9 Å². The number of halogens is 2. The molecule has 5 rings (SSSR count). The summed E-state index contributed by atoms with van der Waals surface area (Å²) in [5.41, 5.74) is 1.52. The number of carbonyl (C=O) groups is 1. The molecule has 9 heteroatoms. The van der Waals surface area contributed by atoms with Gasteiger partial charge in [-0.25, -0.2) is 18.3 Å². The zero-order valence-corrected chi connectivity index (χ0v) is 17.0. The van der Waals surface area contributed by atoms with Crippen LogP contribution in [0.25, 0.3) is 5.65 Å². The van der Waals surface area contributed by atoms with E-state index in [2.05, 4.69) is 20.7 Å². The Labute approximate surface area is 178 Å². The molecule has 1 amide bonds. The maximum absolute atomic E-state index is 14.4. The van der Waals surface area contributed by atoms with Crippen molar-refractivity contribution in [3.63, 3.8) is 0 Å². The molecule has 0 bridgehead atoms. The average molecular weight is 426 g/mol. The molecule has 2 N–H and O–H groups in total. The summed E-state index contributed by atoms with van der Waals surface area (Å²) in [6.45, 7) is 1.92. The Hall–Kier alpha value is -3.07. The van der Waals surface area contributed by atoms with E-state index in [-0.39, 0.29) is 36.8 Å². The number of piperidine rings is 1. The van der Waals surface area contributed by atoms with Crippen LogP contribution >= 0.6 is 0 Å². The van der Waals surface area contributed by atoms with Crippen molar-refractivity contribution in [1.82, 2.24) is 25.2 Å². The summed E-state index contributed by atoms with van der Waals surface area (Å²) in [4.78, 5) is 19.3. The van der Waals surface area contributed by atoms with Crippen molar-refractivity contribution in [2.45, 2.75) is 37.5 Å². The van der Waals surface area contributed by atoms with Gasteiger partial charge in [0, 0.05) is 18.7 Å². The van der Waals surface area contributed by atoms with Gasteiger partial charge in [-0.2, -0.15) is 5.10 Å². The molecule has 0 saturated carbocycles. The fourth-order valence-electron chi connectivity index (χ4n) is 4.48. The lowest BCUT2D eigenvalue weighted by molar-refractivity contribution is 0.0931. The van der Waals surface area contributed by atoms with Gasteiger partial charge in [0.25, 0.3) is 5.91 Å². The molecule has 4 heterocycles. The maximum Gasteiger partial charge on any atom is 0.256 e. The molecule has 1 aromatic carbocycles. The summed E-state index contributed by atoms with van der Waals surface area (Å²) >= 11 is 0. The summed E-state index contributed by atoms with van der Waals surface area (Å²) in [5, 5.41) is 10.6. The molecule has 31 heavy (non-hydrogen) atoms. The highest BCUT2D eigenvalue weighted by Gasteiger charge is 2.34. The first kappa shape index (κ1) is 19.9. The van der Waals surface area contributed by atoms with Gasteiger partial charge in [0.1, 0.15) is 23.4 Å². The fraction of sp³-hybridized carbons (Fsp3) is 0.409. The van der Waals surface area contributed by atoms with Gasteiger partial charge in [-0.15, -0.1) is 0 Å². The van der Waals surface area contributed by atoms with Crippen LogP contribution in [0.4, 0.5) is 14.6 Å². The van der Waals surface area contributed by atoms with E-state index < -0.39 is 6.17 Å². The van der Waals surface area contributed by atoms with Crippen LogP contribution in [0.15, 0.2) is 42.7 Å². The fourth-order valence-corrected chi connectivity index (χ4v) is 4.48. The molecule has 7 nitrogen and oxygen atoms in total. The third-order valence-electron chi connectivity index (χ3n) is 6.05. The van der Waals surface area contributed by atoms with E-state index in [9.17, 15) is 13.6 Å². The minimum atomic E-state index is -1.04. The number of nitrogens with one attached hydrogen (secondary N) is 2. The number of aromatic nitrogens is 3. The highest BCUT2D eigenvalue weighted by atomic mass is 19.1. The van der Waals surface area contributed by atoms with Crippen LogP contribution in [0.5, 0.6) is 0 Å². The van der Waals surface area contributed by atoms with Crippen LogP contribution in [-0.4, -0.2) is 52.4 Å². The largest absolute Gasteiger partial charge is 0.349 e. The zero-order valence-electron chi connectivity index (χ0n) is 17.0. The van der Waals surface area contributed by atoms with Crippen LogP contribution < -0.4 is 15.5 Å². The number of hydrogen-bond acceptors (Lipinski definition) is 5. The number of hydrogen-bond donors (Lipinski definition) is 2. The molecule has 1 unspecified atom stereocenters. The number of rotatable bonds is 4. The highest BCUT2D eigenvalue weighted by Crippen LogP contribution is 2.37. The predicted molar refractivity (Wildman–Crippen MR) is 112 cm³/mol. The van der Waals surface area contributed by atoms with Gasteiger partial charge in [-0.05, 0) is 49.7 Å². The van der Waals surface area contributed by atoms with Gasteiger partial charge in [0.2, 0.25) is 0 Å². The van der Waals surface area contributed by atoms with Crippen LogP contribution in [0.2, 0.25) is 0 Å². The van der Waals surface area contributed by atoms with Crippen LogP contribution in [-0.2, 0) is 0 Å². The third kappa shape index (κ3) is 3.97. The second-order valence-corrected chi connectivity index (χ2v) is 8.17. The van der Waals surface area contributed by atoms with Crippen molar-refractivity contribution in [2.24, 2.45) is 0 Å². The van der Waals surface area contributed by atoms with Crippen molar-refractivity contribution in [3.05, 3.63) is 59.7 Å². The Balaban J connectivity index is 1.44. The lowest BCUT2D eigenvalue weighted by Gasteiger charge is -2.26. The minimum Gasteiger partial charge on any atom is -0.349 e. The summed E-state index contributed by atoms with van der Waals surface area (Å²) < 4.78 is 29.7. The molecule has 3 aromatic rings. The second-order valence-electron chi connectivity index (χ2n) is 8.17. The minimum absolute atomic E-state index is 0.120. The molecular formula is C22H24F2N6O. The Morgan fingerprint density at radius 2 is 2.06 bits per heavy atom. The summed E-state index contributed by atoms with van der Waals surface area (Å²) in [7, 11) is 0. The molecule has 0 aliphatic carbocycles. The van der Waals surface area contributed by atoms with Gasteiger partial charge >= 0.3 is 0 Å². The number of alkyl halides is 1. The normalized spacial score (nSPS) is 22.2. The van der Waals surface area contributed by atoms with E-state index >= 15 is 0 Å². The Morgan fingerprint density at radius 3 is 2.87 bits per heavy atom. The number of benzene rings is 1. The Kier molecular flexibility index (Phi) is 5.27. The van der Waals surface area contributed by atoms with Crippen molar-refractivity contribution in [1.29, 1.82) is 0 Å². The van der Waals surface area contributed by atoms with Gasteiger partial charge in [0.05, 0.1) is 18.8 Å². The van der Waals surface area contributed by atoms with Crippen molar-refractivity contribution < 1.29 is 13.6 Å². The van der Waals surface area contributed by atoms with Crippen molar-refractivity contribution in [2.75, 3.05) is 24.5 Å². The zero-order chi connectivity index (χ0) is 21.4. The van der Waals surface area contributed by atoms with E-state index in [1.807, 2.05) is 4.90 Å². The molecule has 2 aliphatic rings. The lowest BCUT2D eigenvalue weighted by Crippen LogP contribution is -2.42. The first-order valence-electron chi connectivity index (χ1n) is 10.6. The average Bonchev–Trinajstić information content (AvgIpc) is 3.37. The number of fused-ring (bicyclic) bond motifs is 1. The summed E-state index contributed by atoms with van der Waals surface area (Å²) in [6.07, 6.45) is 4.20. The van der Waals surface area contributed by atoms with Gasteiger partial charge < -0.3 is 15.5 Å². The standard InChI is InChI=1S/C22H24F2N6O/c23-15-3-1-2-14(10-15)19-11-16(24)13-29(19)20-6-9-30-21(28-20)18(12-26-30)22(31)27-17-4-7-25-8-5-17/h1-3,6,9-10,12,16-17,19,25H,4-5,7-8,11,13H2,(H,27,31)/t16-,19?/m0/s1. The number of amides is 1. The number of anilines is 1. The van der Waals surface area contributed by atoms with Crippen molar-refractivity contribution in [3.8, 4) is 0 Å². The Bertz CT molecular complexity index is 1100. The first-order chi connectivity index (χ1) is 15.1. The predicted octanol–water partition coefficient (Wildman–Crippen LogP) is 2.64. The van der Waals surface area contributed by atoms with Gasteiger partial charge in [-0.3, -0.25) is 4.79 Å². The number of nitrogens with zero attached hydrogens (tertiary/aromatic N) is 4. The van der Waals surface area contributed by atoms with Crippen LogP contribution in [0.3, 0.4) is 0 Å². The summed E-state index contributed by atoms with van der Waals surface area (Å²) in [5.74, 6) is -0.0211. The third-order valence-corrected chi connectivity index (χ3v) is 6.05. The lowest BCUT2D eigenvalue weighted by atomic mass is 10.0. The maximum atomic E-state index is 14.4. The molecule has 0 radical (unpaired) electrons.